The summed E-state index contributed by atoms with van der Waals surface area (Å²) in [6.45, 7) is 6.33. The number of hydrogen-bond acceptors (Lipinski definition) is 20. The van der Waals surface area contributed by atoms with Crippen LogP contribution in [0.15, 0.2) is 54.2 Å². The highest BCUT2D eigenvalue weighted by atomic mass is 16.7. The number of anilines is 1. The molecule has 4 aliphatic heterocycles. The van der Waals surface area contributed by atoms with E-state index in [-0.39, 0.29) is 62.9 Å². The van der Waals surface area contributed by atoms with Crippen molar-refractivity contribution in [3.05, 3.63) is 59.7 Å². The Morgan fingerprint density at radius 2 is 1.65 bits per heavy atom. The van der Waals surface area contributed by atoms with Crippen molar-refractivity contribution in [2.45, 2.75) is 120 Å². The highest BCUT2D eigenvalue weighted by molar-refractivity contribution is 5.92. The van der Waals surface area contributed by atoms with Gasteiger partial charge in [0.25, 0.3) is 0 Å². The minimum absolute atomic E-state index is 0.0120. The summed E-state index contributed by atoms with van der Waals surface area (Å²) in [5, 5.41) is 46.0. The first-order chi connectivity index (χ1) is 33.9. The van der Waals surface area contributed by atoms with E-state index in [4.69, 9.17) is 53.1 Å². The van der Waals surface area contributed by atoms with E-state index in [1.54, 1.807) is 6.92 Å². The van der Waals surface area contributed by atoms with Crippen LogP contribution in [0.4, 0.5) is 10.5 Å². The molecule has 13 atom stereocenters. The van der Waals surface area contributed by atoms with Crippen LogP contribution in [0.5, 0.6) is 5.75 Å². The predicted octanol–water partition coefficient (Wildman–Crippen LogP) is 0.696. The van der Waals surface area contributed by atoms with E-state index in [2.05, 4.69) is 10.6 Å². The molecule has 390 valence electrons. The Labute approximate surface area is 408 Å². The second-order valence-electron chi connectivity index (χ2n) is 18.7. The molecular formula is C48H63N3O20. The van der Waals surface area contributed by atoms with Crippen molar-refractivity contribution in [1.29, 1.82) is 0 Å². The quantitative estimate of drug-likeness (QED) is 0.0418. The van der Waals surface area contributed by atoms with Crippen LogP contribution in [0, 0.1) is 16.7 Å². The summed E-state index contributed by atoms with van der Waals surface area (Å²) in [4.78, 5) is 78.7. The summed E-state index contributed by atoms with van der Waals surface area (Å²) in [7, 11) is 0. The highest BCUT2D eigenvalue weighted by Crippen LogP contribution is 2.72. The zero-order valence-corrected chi connectivity index (χ0v) is 39.7. The number of cyclic esters (lactones) is 2. The Hall–Kier alpha value is -5.50. The molecule has 1 saturated carbocycles. The average molecular weight is 1000 g/mol. The van der Waals surface area contributed by atoms with Gasteiger partial charge in [0.05, 0.1) is 69.4 Å². The molecule has 23 nitrogen and oxygen atoms in total. The largest absolute Gasteiger partial charge is 0.479 e. The minimum Gasteiger partial charge on any atom is -0.479 e. The van der Waals surface area contributed by atoms with Crippen LogP contribution < -0.4 is 21.1 Å². The molecule has 0 unspecified atom stereocenters. The topological polar surface area (TPSA) is 329 Å². The lowest BCUT2D eigenvalue weighted by Gasteiger charge is -2.58. The maximum absolute atomic E-state index is 14.4. The molecular weight excluding hydrogens is 939 g/mol. The number of aliphatic hydroxyl groups is 3. The number of carbonyl (C=O) groups is 6. The number of amides is 2. The molecule has 71 heavy (non-hydrogen) atoms. The molecule has 2 bridgehead atoms. The Morgan fingerprint density at radius 1 is 0.915 bits per heavy atom. The number of carboxylic acid groups (broad SMARTS) is 1. The van der Waals surface area contributed by atoms with Crippen LogP contribution in [0.3, 0.4) is 0 Å². The molecule has 3 saturated heterocycles. The van der Waals surface area contributed by atoms with Gasteiger partial charge in [-0.1, -0.05) is 43.7 Å². The van der Waals surface area contributed by atoms with E-state index < -0.39 is 120 Å². The van der Waals surface area contributed by atoms with E-state index >= 15 is 0 Å². The first-order valence-electron chi connectivity index (χ1n) is 23.6. The molecule has 2 amide bonds. The van der Waals surface area contributed by atoms with E-state index in [1.165, 1.54) is 36.4 Å². The van der Waals surface area contributed by atoms with E-state index in [9.17, 15) is 49.2 Å². The molecule has 6 aliphatic rings. The Morgan fingerprint density at radius 3 is 2.37 bits per heavy atom. The number of benzene rings is 1. The molecule has 0 radical (unpaired) electrons. The third kappa shape index (κ3) is 11.6. The zero-order chi connectivity index (χ0) is 51.1. The molecule has 4 heterocycles. The number of esters is 3. The fourth-order valence-corrected chi connectivity index (χ4v) is 10.1. The molecule has 4 fully saturated rings. The number of nitrogens with two attached hydrogens (primary N) is 1. The number of epoxide rings is 1. The van der Waals surface area contributed by atoms with Crippen molar-refractivity contribution in [3.8, 4) is 5.75 Å². The van der Waals surface area contributed by atoms with Gasteiger partial charge in [-0.25, -0.2) is 24.0 Å². The van der Waals surface area contributed by atoms with Crippen LogP contribution in [0.1, 0.15) is 58.4 Å². The molecule has 2 aliphatic carbocycles. The fourth-order valence-electron chi connectivity index (χ4n) is 10.1. The van der Waals surface area contributed by atoms with Crippen LogP contribution in [-0.2, 0) is 73.2 Å². The number of aliphatic hydroxyl groups excluding tert-OH is 3. The predicted molar refractivity (Wildman–Crippen MR) is 242 cm³/mol. The highest BCUT2D eigenvalue weighted by Gasteiger charge is 2.83. The maximum Gasteiger partial charge on any atom is 0.408 e. The number of allylic oxidation sites excluding steroid dienone is 3. The number of carbonyl (C=O) groups excluding carboxylic acids is 5. The number of nitrogens with one attached hydrogen (secondary N) is 2. The van der Waals surface area contributed by atoms with Crippen molar-refractivity contribution in [2.75, 3.05) is 58.1 Å². The molecule has 23 heteroatoms. The number of rotatable bonds is 15. The van der Waals surface area contributed by atoms with E-state index in [0.717, 1.165) is 11.6 Å². The van der Waals surface area contributed by atoms with Gasteiger partial charge in [0.15, 0.2) is 6.10 Å². The second kappa shape index (κ2) is 22.9. The lowest BCUT2D eigenvalue weighted by Crippen LogP contribution is -2.67. The van der Waals surface area contributed by atoms with Crippen LogP contribution >= 0.6 is 0 Å². The first-order valence-corrected chi connectivity index (χ1v) is 23.6. The van der Waals surface area contributed by atoms with Gasteiger partial charge in [-0.15, -0.1) is 0 Å². The van der Waals surface area contributed by atoms with Crippen molar-refractivity contribution in [2.24, 2.45) is 22.5 Å². The van der Waals surface area contributed by atoms with Crippen LogP contribution in [0.2, 0.25) is 0 Å². The van der Waals surface area contributed by atoms with E-state index in [0.29, 0.717) is 39.0 Å². The van der Waals surface area contributed by atoms with Gasteiger partial charge in [-0.3, -0.25) is 4.79 Å². The maximum atomic E-state index is 14.4. The summed E-state index contributed by atoms with van der Waals surface area (Å²) in [6.07, 6.45) is -3.82. The number of alkyl carbamates (subject to hydrolysis) is 1. The van der Waals surface area contributed by atoms with Gasteiger partial charge in [0.1, 0.15) is 55.0 Å². The van der Waals surface area contributed by atoms with Gasteiger partial charge in [0, 0.05) is 30.5 Å². The normalized spacial score (nSPS) is 35.8. The van der Waals surface area contributed by atoms with Gasteiger partial charge in [-0.05, 0) is 49.8 Å². The lowest BCUT2D eigenvalue weighted by atomic mass is 9.51. The Balaban J connectivity index is 1.08. The number of carboxylic acids is 1. The Kier molecular flexibility index (Phi) is 17.2. The third-order valence-electron chi connectivity index (χ3n) is 14.3. The molecule has 1 aromatic carbocycles. The summed E-state index contributed by atoms with van der Waals surface area (Å²) in [5.41, 5.74) is 4.11. The zero-order valence-electron chi connectivity index (χ0n) is 39.7. The number of aliphatic carboxylic acids is 1. The molecule has 7 rings (SSSR count). The van der Waals surface area contributed by atoms with Gasteiger partial charge < -0.3 is 84.2 Å². The smallest absolute Gasteiger partial charge is 0.408 e. The Bertz CT molecular complexity index is 2230. The third-order valence-corrected chi connectivity index (χ3v) is 14.3. The van der Waals surface area contributed by atoms with Crippen LogP contribution in [-0.4, -0.2) is 170 Å². The standard InChI is InChI=1S/C48H63N3O20/c1-26-10-13-47-24-66-43(60)37(27(2)11-16-64-35(53)6-4-5-7-36(54)70-31-22-33(69-32(47)20-26)48(25-67-48)46(31,47)3)51-45(61)65-23-28-8-9-30(68-44-40(57)38(55)39(56)41(71-44)42(58)59)29(21-28)50-34(52)12-15-62-18-19-63-17-14-49/h4-9,20-21,27,31-33,37-41,44,55-57H,10-19,22-25,49H2,1-3H3,(H,50,52)(H,51,61)(H,58,59)/b6-4+,7-5-/t27-,31-,32-,33-,37-,38+,39+,40-,41+,44-,46-,47-,48+/m1/s1. The monoisotopic (exact) mass is 1000 g/mol. The SMILES string of the molecule is CC1=C[C@H]2O[C@@H]3C[C@H]4OC(=O)/C=C\C=C\C(=O)OCC[C@@H](C)[C@@H](NC(=O)OCc5ccc(O[C@@H]6O[C@H](C(=O)O)[C@@H](O)[C@H](O)[C@H]6O)c(NC(=O)CCOCCOCCN)c5)C(=O)OC[C@@]2(CC1)[C@]4(C)[C@]31CO1. The average Bonchev–Trinajstić information content (AvgIpc) is 4.12. The summed E-state index contributed by atoms with van der Waals surface area (Å²) in [6, 6.07) is 2.74. The van der Waals surface area contributed by atoms with Gasteiger partial charge in [0.2, 0.25) is 12.2 Å². The lowest BCUT2D eigenvalue weighted by molar-refractivity contribution is -0.271. The first kappa shape index (κ1) is 53.3. The van der Waals surface area contributed by atoms with Crippen molar-refractivity contribution < 1.29 is 96.6 Å². The minimum atomic E-state index is -1.99. The second-order valence-corrected chi connectivity index (χ2v) is 18.7. The van der Waals surface area contributed by atoms with Crippen molar-refractivity contribution >= 4 is 41.6 Å². The summed E-state index contributed by atoms with van der Waals surface area (Å²) in [5.74, 6) is -5.24. The van der Waals surface area contributed by atoms with Crippen molar-refractivity contribution in [3.63, 3.8) is 0 Å². The summed E-state index contributed by atoms with van der Waals surface area (Å²) < 4.78 is 57.9. The van der Waals surface area contributed by atoms with Gasteiger partial charge >= 0.3 is 30.0 Å². The molecule has 8 N–H and O–H groups in total. The van der Waals surface area contributed by atoms with E-state index in [1.807, 2.05) is 19.9 Å². The van der Waals surface area contributed by atoms with Gasteiger partial charge in [-0.2, -0.15) is 0 Å². The molecule has 2 spiro atoms. The summed E-state index contributed by atoms with van der Waals surface area (Å²) >= 11 is 0. The molecule has 1 aromatic rings. The van der Waals surface area contributed by atoms with Crippen molar-refractivity contribution in [1.82, 2.24) is 5.32 Å². The van der Waals surface area contributed by atoms with Crippen LogP contribution in [0.25, 0.3) is 0 Å². The molecule has 0 aromatic heterocycles. The fraction of sp³-hybridized carbons (Fsp3) is 0.625. The number of ether oxygens (including phenoxy) is 10. The number of hydrogen-bond donors (Lipinski definition) is 7.